The van der Waals surface area contributed by atoms with Gasteiger partial charge in [-0.3, -0.25) is 4.79 Å². The SMILES string of the molecule is O=c1[nH]ncc(N2CCO[C@@]3(CCc4ccccc43)C2)c1Cl. The summed E-state index contributed by atoms with van der Waals surface area (Å²) in [7, 11) is 0. The molecule has 114 valence electrons. The summed E-state index contributed by atoms with van der Waals surface area (Å²) in [6, 6.07) is 8.42. The second-order valence-corrected chi connectivity index (χ2v) is 6.20. The highest BCUT2D eigenvalue weighted by Gasteiger charge is 2.43. The number of aryl methyl sites for hydroxylation is 1. The van der Waals surface area contributed by atoms with E-state index in [9.17, 15) is 4.79 Å². The third-order valence-corrected chi connectivity index (χ3v) is 4.98. The predicted molar refractivity (Wildman–Crippen MR) is 84.5 cm³/mol. The minimum Gasteiger partial charge on any atom is -0.367 e. The summed E-state index contributed by atoms with van der Waals surface area (Å²) in [6.45, 7) is 2.00. The second kappa shape index (κ2) is 5.11. The van der Waals surface area contributed by atoms with Gasteiger partial charge < -0.3 is 9.64 Å². The molecule has 1 atom stereocenters. The minimum absolute atomic E-state index is 0.193. The maximum absolute atomic E-state index is 11.7. The molecule has 1 aliphatic carbocycles. The molecule has 6 heteroatoms. The van der Waals surface area contributed by atoms with Crippen LogP contribution in [0.15, 0.2) is 35.3 Å². The molecule has 1 saturated heterocycles. The lowest BCUT2D eigenvalue weighted by Crippen LogP contribution is -2.49. The molecule has 1 spiro atoms. The molecule has 5 nitrogen and oxygen atoms in total. The van der Waals surface area contributed by atoms with Crippen molar-refractivity contribution in [2.45, 2.75) is 18.4 Å². The molecule has 2 aromatic rings. The number of aromatic amines is 1. The van der Waals surface area contributed by atoms with E-state index in [4.69, 9.17) is 16.3 Å². The minimum atomic E-state index is -0.355. The van der Waals surface area contributed by atoms with Crippen LogP contribution >= 0.6 is 11.6 Å². The summed E-state index contributed by atoms with van der Waals surface area (Å²) in [5, 5.41) is 6.43. The number of H-pyrrole nitrogens is 1. The monoisotopic (exact) mass is 317 g/mol. The van der Waals surface area contributed by atoms with Crippen molar-refractivity contribution in [3.63, 3.8) is 0 Å². The van der Waals surface area contributed by atoms with E-state index in [1.165, 1.54) is 11.1 Å². The Morgan fingerprint density at radius 2 is 2.23 bits per heavy atom. The lowest BCUT2D eigenvalue weighted by atomic mass is 9.93. The first-order valence-corrected chi connectivity index (χ1v) is 7.78. The van der Waals surface area contributed by atoms with E-state index >= 15 is 0 Å². The number of anilines is 1. The maximum Gasteiger partial charge on any atom is 0.285 e. The van der Waals surface area contributed by atoms with E-state index in [1.54, 1.807) is 6.20 Å². The van der Waals surface area contributed by atoms with Crippen LogP contribution in [0.5, 0.6) is 0 Å². The van der Waals surface area contributed by atoms with Gasteiger partial charge in [0.1, 0.15) is 10.6 Å². The Balaban J connectivity index is 1.72. The van der Waals surface area contributed by atoms with Gasteiger partial charge in [-0.05, 0) is 24.0 Å². The van der Waals surface area contributed by atoms with E-state index in [-0.39, 0.29) is 16.2 Å². The highest BCUT2D eigenvalue weighted by Crippen LogP contribution is 2.43. The molecular weight excluding hydrogens is 302 g/mol. The number of hydrogen-bond acceptors (Lipinski definition) is 4. The number of hydrogen-bond donors (Lipinski definition) is 1. The van der Waals surface area contributed by atoms with Gasteiger partial charge in [0.05, 0.1) is 25.0 Å². The van der Waals surface area contributed by atoms with E-state index in [1.807, 2.05) is 0 Å². The third-order valence-electron chi connectivity index (χ3n) is 4.61. The van der Waals surface area contributed by atoms with Gasteiger partial charge in [0.2, 0.25) is 0 Å². The first-order valence-electron chi connectivity index (χ1n) is 7.40. The van der Waals surface area contributed by atoms with E-state index in [0.29, 0.717) is 25.4 Å². The molecule has 1 N–H and O–H groups in total. The predicted octanol–water partition coefficient (Wildman–Crippen LogP) is 2.10. The van der Waals surface area contributed by atoms with Crippen molar-refractivity contribution in [2.24, 2.45) is 0 Å². The van der Waals surface area contributed by atoms with Crippen LogP contribution in [-0.2, 0) is 16.8 Å². The van der Waals surface area contributed by atoms with Crippen LogP contribution in [0.25, 0.3) is 0 Å². The number of morpholine rings is 1. The standard InChI is InChI=1S/C16H16ClN3O2/c17-14-13(9-18-19-15(14)21)20-7-8-22-16(10-20)6-5-11-3-1-2-4-12(11)16/h1-4,9H,5-8,10H2,(H,19,21)/t16-/m0/s1. The number of halogens is 1. The topological polar surface area (TPSA) is 58.2 Å². The highest BCUT2D eigenvalue weighted by molar-refractivity contribution is 6.33. The first-order chi connectivity index (χ1) is 10.7. The Morgan fingerprint density at radius 1 is 1.36 bits per heavy atom. The smallest absolute Gasteiger partial charge is 0.285 e. The average Bonchev–Trinajstić information content (AvgIpc) is 2.89. The quantitative estimate of drug-likeness (QED) is 0.875. The molecule has 0 amide bonds. The molecule has 0 unspecified atom stereocenters. The fraction of sp³-hybridized carbons (Fsp3) is 0.375. The van der Waals surface area contributed by atoms with Crippen molar-refractivity contribution in [3.8, 4) is 0 Å². The van der Waals surface area contributed by atoms with Crippen LogP contribution in [0.3, 0.4) is 0 Å². The zero-order valence-electron chi connectivity index (χ0n) is 12.0. The van der Waals surface area contributed by atoms with E-state index in [0.717, 1.165) is 12.8 Å². The summed E-state index contributed by atoms with van der Waals surface area (Å²) >= 11 is 6.16. The Kier molecular flexibility index (Phi) is 3.20. The van der Waals surface area contributed by atoms with Crippen molar-refractivity contribution in [1.29, 1.82) is 0 Å². The first kappa shape index (κ1) is 13.8. The second-order valence-electron chi connectivity index (χ2n) is 5.82. The summed E-state index contributed by atoms with van der Waals surface area (Å²) in [5.74, 6) is 0. The van der Waals surface area contributed by atoms with Gasteiger partial charge in [-0.25, -0.2) is 5.10 Å². The Bertz CT molecular complexity index is 772. The Labute approximate surface area is 132 Å². The van der Waals surface area contributed by atoms with Crippen LogP contribution in [0.2, 0.25) is 5.02 Å². The zero-order chi connectivity index (χ0) is 15.2. The lowest BCUT2D eigenvalue weighted by Gasteiger charge is -2.42. The molecule has 1 aromatic heterocycles. The summed E-state index contributed by atoms with van der Waals surface area (Å²) in [6.07, 6.45) is 3.59. The molecule has 4 rings (SSSR count). The Hall–Kier alpha value is -1.85. The fourth-order valence-electron chi connectivity index (χ4n) is 3.55. The number of nitrogens with zero attached hydrogens (tertiary/aromatic N) is 2. The molecule has 0 radical (unpaired) electrons. The molecule has 0 bridgehead atoms. The van der Waals surface area contributed by atoms with E-state index < -0.39 is 0 Å². The largest absolute Gasteiger partial charge is 0.367 e. The highest BCUT2D eigenvalue weighted by atomic mass is 35.5. The van der Waals surface area contributed by atoms with Gasteiger partial charge in [0, 0.05) is 6.54 Å². The average molecular weight is 318 g/mol. The molecular formula is C16H16ClN3O2. The van der Waals surface area contributed by atoms with Gasteiger partial charge in [-0.2, -0.15) is 5.10 Å². The van der Waals surface area contributed by atoms with Gasteiger partial charge in [0.25, 0.3) is 5.56 Å². The van der Waals surface area contributed by atoms with Crippen molar-refractivity contribution >= 4 is 17.3 Å². The normalized spacial score (nSPS) is 23.8. The zero-order valence-corrected chi connectivity index (χ0v) is 12.8. The summed E-state index contributed by atoms with van der Waals surface area (Å²) in [4.78, 5) is 13.8. The third kappa shape index (κ3) is 2.04. The van der Waals surface area contributed by atoms with Crippen LogP contribution in [0.4, 0.5) is 5.69 Å². The van der Waals surface area contributed by atoms with Crippen molar-refractivity contribution in [2.75, 3.05) is 24.6 Å². The maximum atomic E-state index is 11.7. The lowest BCUT2D eigenvalue weighted by molar-refractivity contribution is -0.0592. The molecule has 1 fully saturated rings. The fourth-order valence-corrected chi connectivity index (χ4v) is 3.76. The summed E-state index contributed by atoms with van der Waals surface area (Å²) < 4.78 is 6.18. The van der Waals surface area contributed by atoms with Crippen LogP contribution in [0, 0.1) is 0 Å². The molecule has 0 saturated carbocycles. The van der Waals surface area contributed by atoms with Crippen LogP contribution in [-0.4, -0.2) is 29.9 Å². The number of ether oxygens (including phenoxy) is 1. The van der Waals surface area contributed by atoms with Crippen molar-refractivity contribution in [3.05, 3.63) is 57.0 Å². The molecule has 22 heavy (non-hydrogen) atoms. The molecule has 1 aromatic carbocycles. The number of benzene rings is 1. The summed E-state index contributed by atoms with van der Waals surface area (Å²) in [5.41, 5.74) is 2.62. The van der Waals surface area contributed by atoms with E-state index in [2.05, 4.69) is 39.4 Å². The molecule has 2 heterocycles. The van der Waals surface area contributed by atoms with Crippen LogP contribution in [0.1, 0.15) is 17.5 Å². The molecule has 2 aliphatic rings. The van der Waals surface area contributed by atoms with Crippen molar-refractivity contribution < 1.29 is 4.74 Å². The number of rotatable bonds is 1. The van der Waals surface area contributed by atoms with Gasteiger partial charge in [-0.1, -0.05) is 35.9 Å². The van der Waals surface area contributed by atoms with Crippen LogP contribution < -0.4 is 10.5 Å². The number of fused-ring (bicyclic) bond motifs is 2. The van der Waals surface area contributed by atoms with Gasteiger partial charge in [-0.15, -0.1) is 0 Å². The molecule has 1 aliphatic heterocycles. The van der Waals surface area contributed by atoms with Gasteiger partial charge >= 0.3 is 0 Å². The number of nitrogens with one attached hydrogen (secondary N) is 1. The van der Waals surface area contributed by atoms with Crippen molar-refractivity contribution in [1.82, 2.24) is 10.2 Å². The Morgan fingerprint density at radius 3 is 3.14 bits per heavy atom. The number of aromatic nitrogens is 2. The van der Waals surface area contributed by atoms with Gasteiger partial charge in [0.15, 0.2) is 0 Å².